The van der Waals surface area contributed by atoms with Gasteiger partial charge in [0.2, 0.25) is 0 Å². The van der Waals surface area contributed by atoms with Gasteiger partial charge in [0.15, 0.2) is 0 Å². The molecule has 0 unspecified atom stereocenters. The first-order chi connectivity index (χ1) is 8.20. The molecule has 0 spiro atoms. The first kappa shape index (κ1) is 11.6. The van der Waals surface area contributed by atoms with Gasteiger partial charge in [0.1, 0.15) is 18.4 Å². The Morgan fingerprint density at radius 3 is 2.94 bits per heavy atom. The van der Waals surface area contributed by atoms with Crippen molar-refractivity contribution in [1.82, 2.24) is 14.8 Å². The van der Waals surface area contributed by atoms with Gasteiger partial charge in [0.25, 0.3) is 0 Å². The Morgan fingerprint density at radius 2 is 2.35 bits per heavy atom. The number of nitrogens with zero attached hydrogens (tertiary/aromatic N) is 4. The van der Waals surface area contributed by atoms with Crippen molar-refractivity contribution in [3.05, 3.63) is 47.0 Å². The number of aromatic nitrogens is 3. The third-order valence-corrected chi connectivity index (χ3v) is 2.63. The van der Waals surface area contributed by atoms with Gasteiger partial charge in [-0.1, -0.05) is 22.8 Å². The van der Waals surface area contributed by atoms with E-state index in [0.29, 0.717) is 17.3 Å². The zero-order valence-electron chi connectivity index (χ0n) is 9.21. The Morgan fingerprint density at radius 1 is 1.53 bits per heavy atom. The second kappa shape index (κ2) is 4.97. The molecule has 0 bridgehead atoms. The van der Waals surface area contributed by atoms with E-state index in [4.69, 9.17) is 16.8 Å². The van der Waals surface area contributed by atoms with Gasteiger partial charge in [-0.3, -0.25) is 0 Å². The zero-order valence-corrected chi connectivity index (χ0v) is 9.96. The smallest absolute Gasteiger partial charge is 0.137 e. The van der Waals surface area contributed by atoms with Crippen LogP contribution in [0.5, 0.6) is 0 Å². The lowest BCUT2D eigenvalue weighted by atomic mass is 10.0. The average Bonchev–Trinajstić information content (AvgIpc) is 2.79. The third-order valence-electron chi connectivity index (χ3n) is 2.40. The van der Waals surface area contributed by atoms with Crippen molar-refractivity contribution in [2.45, 2.75) is 13.5 Å². The van der Waals surface area contributed by atoms with Crippen LogP contribution in [0, 0.1) is 6.92 Å². The molecular formula is C11H11ClN4O. The van der Waals surface area contributed by atoms with Crippen LogP contribution in [0.25, 0.3) is 0 Å². The molecule has 6 heteroatoms. The van der Waals surface area contributed by atoms with E-state index in [-0.39, 0.29) is 0 Å². The lowest BCUT2D eigenvalue weighted by molar-refractivity contribution is 0.317. The number of hydrogen-bond donors (Lipinski definition) is 1. The standard InChI is InChI=1S/C11H11ClN4O/c1-8-4-9(12)2-3-10(8)11(15-17)5-16-7-13-6-14-16/h2-4,6-7,17H,5H2,1H3/b15-11+. The van der Waals surface area contributed by atoms with Gasteiger partial charge < -0.3 is 5.21 Å². The predicted octanol–water partition coefficient (Wildman–Crippen LogP) is 2.12. The van der Waals surface area contributed by atoms with E-state index in [1.54, 1.807) is 17.1 Å². The van der Waals surface area contributed by atoms with Crippen LogP contribution in [0.4, 0.5) is 0 Å². The van der Waals surface area contributed by atoms with Crippen LogP contribution in [0.15, 0.2) is 36.0 Å². The second-order valence-electron chi connectivity index (χ2n) is 3.60. The minimum absolute atomic E-state index is 0.360. The van der Waals surface area contributed by atoms with Crippen LogP contribution >= 0.6 is 11.6 Å². The van der Waals surface area contributed by atoms with E-state index in [0.717, 1.165) is 11.1 Å². The normalized spacial score (nSPS) is 11.8. The van der Waals surface area contributed by atoms with Crippen LogP contribution < -0.4 is 0 Å². The molecule has 0 fully saturated rings. The summed E-state index contributed by atoms with van der Waals surface area (Å²) in [5, 5.41) is 17.0. The third kappa shape index (κ3) is 2.62. The van der Waals surface area contributed by atoms with Gasteiger partial charge in [-0.15, -0.1) is 0 Å². The van der Waals surface area contributed by atoms with Crippen molar-refractivity contribution in [3.8, 4) is 0 Å². The summed E-state index contributed by atoms with van der Waals surface area (Å²) in [5.74, 6) is 0. The summed E-state index contributed by atoms with van der Waals surface area (Å²) in [6.45, 7) is 2.27. The molecule has 0 aliphatic heterocycles. The molecule has 5 nitrogen and oxygen atoms in total. The Balaban J connectivity index is 2.30. The minimum atomic E-state index is 0.360. The minimum Gasteiger partial charge on any atom is -0.411 e. The Kier molecular flexibility index (Phi) is 3.39. The van der Waals surface area contributed by atoms with Gasteiger partial charge in [0.05, 0.1) is 6.54 Å². The molecule has 1 heterocycles. The largest absolute Gasteiger partial charge is 0.411 e. The summed E-state index contributed by atoms with van der Waals surface area (Å²) in [4.78, 5) is 3.83. The van der Waals surface area contributed by atoms with Crippen molar-refractivity contribution in [2.24, 2.45) is 5.16 Å². The number of aryl methyl sites for hydroxylation is 1. The number of benzene rings is 1. The lowest BCUT2D eigenvalue weighted by Gasteiger charge is -2.08. The molecule has 0 saturated heterocycles. The molecule has 1 N–H and O–H groups in total. The second-order valence-corrected chi connectivity index (χ2v) is 4.04. The van der Waals surface area contributed by atoms with Gasteiger partial charge in [-0.2, -0.15) is 5.10 Å². The average molecular weight is 251 g/mol. The van der Waals surface area contributed by atoms with Gasteiger partial charge in [0, 0.05) is 10.6 Å². The van der Waals surface area contributed by atoms with Crippen molar-refractivity contribution in [2.75, 3.05) is 0 Å². The summed E-state index contributed by atoms with van der Waals surface area (Å²) in [5.41, 5.74) is 2.31. The zero-order chi connectivity index (χ0) is 12.3. The van der Waals surface area contributed by atoms with E-state index < -0.39 is 0 Å². The molecule has 1 aromatic heterocycles. The van der Waals surface area contributed by atoms with Crippen LogP contribution in [-0.2, 0) is 6.54 Å². The highest BCUT2D eigenvalue weighted by Gasteiger charge is 2.09. The van der Waals surface area contributed by atoms with E-state index >= 15 is 0 Å². The fraction of sp³-hybridized carbons (Fsp3) is 0.182. The Bertz CT molecular complexity index is 536. The molecule has 0 aliphatic carbocycles. The number of hydrogen-bond acceptors (Lipinski definition) is 4. The first-order valence-electron chi connectivity index (χ1n) is 5.00. The van der Waals surface area contributed by atoms with E-state index in [2.05, 4.69) is 15.2 Å². The number of rotatable bonds is 3. The highest BCUT2D eigenvalue weighted by atomic mass is 35.5. The van der Waals surface area contributed by atoms with Crippen molar-refractivity contribution in [1.29, 1.82) is 0 Å². The highest BCUT2D eigenvalue weighted by molar-refractivity contribution is 6.30. The first-order valence-corrected chi connectivity index (χ1v) is 5.38. The highest BCUT2D eigenvalue weighted by Crippen LogP contribution is 2.16. The molecule has 0 radical (unpaired) electrons. The SMILES string of the molecule is Cc1cc(Cl)ccc1/C(Cn1cncn1)=N/O. The van der Waals surface area contributed by atoms with E-state index in [1.807, 2.05) is 19.1 Å². The maximum absolute atomic E-state index is 9.07. The molecule has 0 saturated carbocycles. The molecule has 2 rings (SSSR count). The Hall–Kier alpha value is -1.88. The fourth-order valence-electron chi connectivity index (χ4n) is 1.59. The molecule has 17 heavy (non-hydrogen) atoms. The van der Waals surface area contributed by atoms with Crippen LogP contribution in [0.3, 0.4) is 0 Å². The molecule has 2 aromatic rings. The van der Waals surface area contributed by atoms with Crippen molar-refractivity contribution >= 4 is 17.3 Å². The number of oxime groups is 1. The van der Waals surface area contributed by atoms with E-state index in [1.165, 1.54) is 6.33 Å². The molecular weight excluding hydrogens is 240 g/mol. The summed E-state index contributed by atoms with van der Waals surface area (Å²) < 4.78 is 1.59. The van der Waals surface area contributed by atoms with E-state index in [9.17, 15) is 0 Å². The summed E-state index contributed by atoms with van der Waals surface area (Å²) in [6.07, 6.45) is 3.00. The van der Waals surface area contributed by atoms with Crippen LogP contribution in [0.1, 0.15) is 11.1 Å². The summed E-state index contributed by atoms with van der Waals surface area (Å²) in [7, 11) is 0. The van der Waals surface area contributed by atoms with Gasteiger partial charge >= 0.3 is 0 Å². The number of halogens is 1. The summed E-state index contributed by atoms with van der Waals surface area (Å²) in [6, 6.07) is 5.41. The lowest BCUT2D eigenvalue weighted by Crippen LogP contribution is -2.13. The maximum Gasteiger partial charge on any atom is 0.137 e. The molecule has 1 aromatic carbocycles. The quantitative estimate of drug-likeness (QED) is 0.516. The predicted molar refractivity (Wildman–Crippen MR) is 64.5 cm³/mol. The van der Waals surface area contributed by atoms with Crippen LogP contribution in [-0.4, -0.2) is 25.7 Å². The molecule has 0 atom stereocenters. The van der Waals surface area contributed by atoms with Gasteiger partial charge in [-0.25, -0.2) is 9.67 Å². The molecule has 88 valence electrons. The van der Waals surface area contributed by atoms with Crippen LogP contribution in [0.2, 0.25) is 5.02 Å². The summed E-state index contributed by atoms with van der Waals surface area (Å²) >= 11 is 5.88. The monoisotopic (exact) mass is 250 g/mol. The maximum atomic E-state index is 9.07. The molecule has 0 aliphatic rings. The Labute approximate surface area is 103 Å². The fourth-order valence-corrected chi connectivity index (χ4v) is 1.82. The topological polar surface area (TPSA) is 63.3 Å². The van der Waals surface area contributed by atoms with Crippen molar-refractivity contribution in [3.63, 3.8) is 0 Å². The molecule has 0 amide bonds. The van der Waals surface area contributed by atoms with Gasteiger partial charge in [-0.05, 0) is 24.6 Å². The van der Waals surface area contributed by atoms with Crippen molar-refractivity contribution < 1.29 is 5.21 Å².